The minimum absolute atomic E-state index is 0.00639. The molecular formula is C32H44N4O11. The van der Waals surface area contributed by atoms with Gasteiger partial charge in [0.15, 0.2) is 5.76 Å². The van der Waals surface area contributed by atoms with E-state index in [2.05, 4.69) is 16.0 Å². The lowest BCUT2D eigenvalue weighted by Crippen LogP contribution is -2.47. The van der Waals surface area contributed by atoms with Crippen molar-refractivity contribution in [3.05, 3.63) is 41.7 Å². The first-order chi connectivity index (χ1) is 22.5. The second kappa shape index (κ2) is 19.6. The number of carboxylic acid groups (broad SMARTS) is 1. The lowest BCUT2D eigenvalue weighted by Gasteiger charge is -2.29. The van der Waals surface area contributed by atoms with E-state index in [1.54, 1.807) is 20.8 Å². The number of amides is 4. The smallest absolute Gasteiger partial charge is 0.329 e. The quantitative estimate of drug-likeness (QED) is 0.0328. The summed E-state index contributed by atoms with van der Waals surface area (Å²) >= 11 is 0. The van der Waals surface area contributed by atoms with Crippen LogP contribution in [0.25, 0.3) is 11.3 Å². The van der Waals surface area contributed by atoms with Crippen LogP contribution in [0.1, 0.15) is 87.1 Å². The maximum atomic E-state index is 13.0. The van der Waals surface area contributed by atoms with Gasteiger partial charge in [-0.3, -0.25) is 29.2 Å². The highest BCUT2D eigenvalue weighted by atomic mass is 16.5. The minimum Gasteiger partial charge on any atom is -0.493 e. The van der Waals surface area contributed by atoms with Crippen molar-refractivity contribution in [2.24, 2.45) is 5.92 Å². The van der Waals surface area contributed by atoms with Gasteiger partial charge in [0.1, 0.15) is 17.6 Å². The molecule has 1 heterocycles. The predicted molar refractivity (Wildman–Crippen MR) is 167 cm³/mol. The largest absolute Gasteiger partial charge is 0.493 e. The van der Waals surface area contributed by atoms with Crippen molar-refractivity contribution >= 4 is 36.1 Å². The van der Waals surface area contributed by atoms with E-state index in [9.17, 15) is 34.0 Å². The molecule has 258 valence electrons. The highest BCUT2D eigenvalue weighted by Crippen LogP contribution is 2.29. The third kappa shape index (κ3) is 11.4. The Bertz CT molecular complexity index is 1380. The van der Waals surface area contributed by atoms with E-state index in [1.807, 2.05) is 6.92 Å². The molecule has 0 spiro atoms. The Kier molecular flexibility index (Phi) is 15.9. The molecule has 1 aromatic heterocycles. The number of hydrogen-bond donors (Lipinski definition) is 5. The second-order valence-corrected chi connectivity index (χ2v) is 10.5. The van der Waals surface area contributed by atoms with E-state index in [4.69, 9.17) is 19.0 Å². The molecule has 0 fully saturated rings. The van der Waals surface area contributed by atoms with E-state index in [1.165, 1.54) is 30.3 Å². The summed E-state index contributed by atoms with van der Waals surface area (Å²) in [5, 5.41) is 27.2. The Balaban J connectivity index is 2.13. The van der Waals surface area contributed by atoms with Gasteiger partial charge in [-0.15, -0.1) is 0 Å². The zero-order chi connectivity index (χ0) is 34.9. The summed E-state index contributed by atoms with van der Waals surface area (Å²) in [5.41, 5.74) is 0.486. The first-order valence-corrected chi connectivity index (χ1v) is 15.6. The summed E-state index contributed by atoms with van der Waals surface area (Å²) in [4.78, 5) is 73.3. The molecule has 0 aliphatic heterocycles. The Morgan fingerprint density at radius 3 is 2.34 bits per heavy atom. The molecule has 15 nitrogen and oxygen atoms in total. The van der Waals surface area contributed by atoms with Crippen LogP contribution in [0.5, 0.6) is 5.75 Å². The Morgan fingerprint density at radius 1 is 0.979 bits per heavy atom. The maximum absolute atomic E-state index is 13.0. The Morgan fingerprint density at radius 2 is 1.72 bits per heavy atom. The van der Waals surface area contributed by atoms with Gasteiger partial charge in [0.2, 0.25) is 12.3 Å². The van der Waals surface area contributed by atoms with Crippen molar-refractivity contribution in [3.8, 4) is 17.1 Å². The SMILES string of the molecule is CCCCC[C@@H](C(=O)NCNC(=O)c1ccc(-c2ccc(C(=O)N[C@@H](CC(=O)O)C(=O)OCC)c(OCC)c2)o1)[C@@H](CC)N(O)C=O. The molecule has 0 saturated heterocycles. The molecule has 3 atom stereocenters. The summed E-state index contributed by atoms with van der Waals surface area (Å²) in [6.45, 7) is 7.00. The van der Waals surface area contributed by atoms with Gasteiger partial charge in [-0.1, -0.05) is 39.2 Å². The molecule has 0 unspecified atom stereocenters. The van der Waals surface area contributed by atoms with Gasteiger partial charge in [-0.2, -0.15) is 0 Å². The summed E-state index contributed by atoms with van der Waals surface area (Å²) in [5.74, 6) is -4.32. The van der Waals surface area contributed by atoms with Crippen molar-refractivity contribution < 1.29 is 53.0 Å². The molecule has 0 saturated carbocycles. The van der Waals surface area contributed by atoms with E-state index < -0.39 is 54.1 Å². The normalized spacial score (nSPS) is 12.6. The van der Waals surface area contributed by atoms with Gasteiger partial charge >= 0.3 is 11.9 Å². The van der Waals surface area contributed by atoms with Gasteiger partial charge in [0, 0.05) is 5.56 Å². The average molecular weight is 661 g/mol. The molecule has 0 aliphatic carbocycles. The summed E-state index contributed by atoms with van der Waals surface area (Å²) < 4.78 is 16.2. The number of unbranched alkanes of at least 4 members (excludes halogenated alkanes) is 2. The molecule has 0 radical (unpaired) electrons. The Hall–Kier alpha value is -4.92. The maximum Gasteiger partial charge on any atom is 0.329 e. The number of rotatable bonds is 21. The van der Waals surface area contributed by atoms with E-state index in [-0.39, 0.29) is 49.1 Å². The minimum atomic E-state index is -1.41. The zero-order valence-electron chi connectivity index (χ0n) is 27.1. The summed E-state index contributed by atoms with van der Waals surface area (Å²) in [6.07, 6.45) is 2.96. The van der Waals surface area contributed by atoms with Crippen molar-refractivity contribution in [2.45, 2.75) is 78.3 Å². The van der Waals surface area contributed by atoms with Gasteiger partial charge in [-0.25, -0.2) is 9.86 Å². The molecule has 5 N–H and O–H groups in total. The molecule has 0 aliphatic rings. The average Bonchev–Trinajstić information content (AvgIpc) is 3.54. The fourth-order valence-electron chi connectivity index (χ4n) is 4.88. The number of carbonyl (C=O) groups is 6. The van der Waals surface area contributed by atoms with Crippen LogP contribution in [0.15, 0.2) is 34.7 Å². The number of nitrogens with one attached hydrogen (secondary N) is 3. The van der Waals surface area contributed by atoms with Crippen LogP contribution < -0.4 is 20.7 Å². The fraction of sp³-hybridized carbons (Fsp3) is 0.500. The molecular weight excluding hydrogens is 616 g/mol. The van der Waals surface area contributed by atoms with Crippen molar-refractivity contribution in [2.75, 3.05) is 19.9 Å². The first-order valence-electron chi connectivity index (χ1n) is 15.6. The van der Waals surface area contributed by atoms with E-state index in [0.29, 0.717) is 23.5 Å². The van der Waals surface area contributed by atoms with E-state index in [0.717, 1.165) is 19.3 Å². The third-order valence-corrected chi connectivity index (χ3v) is 7.19. The van der Waals surface area contributed by atoms with Crippen LogP contribution in [0.2, 0.25) is 0 Å². The molecule has 1 aromatic carbocycles. The highest BCUT2D eigenvalue weighted by molar-refractivity contribution is 6.00. The number of furan rings is 1. The van der Waals surface area contributed by atoms with Crippen LogP contribution >= 0.6 is 0 Å². The molecule has 47 heavy (non-hydrogen) atoms. The van der Waals surface area contributed by atoms with Crippen molar-refractivity contribution in [3.63, 3.8) is 0 Å². The number of carboxylic acids is 1. The number of nitrogens with zero attached hydrogens (tertiary/aromatic N) is 1. The second-order valence-electron chi connectivity index (χ2n) is 10.5. The van der Waals surface area contributed by atoms with Gasteiger partial charge in [0.05, 0.1) is 43.8 Å². The van der Waals surface area contributed by atoms with Crippen LogP contribution in [-0.2, 0) is 23.9 Å². The van der Waals surface area contributed by atoms with Crippen molar-refractivity contribution in [1.29, 1.82) is 0 Å². The number of esters is 1. The molecule has 2 rings (SSSR count). The van der Waals surface area contributed by atoms with Crippen LogP contribution in [0, 0.1) is 5.92 Å². The van der Waals surface area contributed by atoms with E-state index >= 15 is 0 Å². The summed E-state index contributed by atoms with van der Waals surface area (Å²) in [6, 6.07) is 5.28. The Labute approximate surface area is 272 Å². The number of hydroxylamine groups is 2. The molecule has 0 bridgehead atoms. The van der Waals surface area contributed by atoms with Crippen LogP contribution in [0.3, 0.4) is 0 Å². The fourth-order valence-corrected chi connectivity index (χ4v) is 4.88. The lowest BCUT2D eigenvalue weighted by atomic mass is 9.90. The summed E-state index contributed by atoms with van der Waals surface area (Å²) in [7, 11) is 0. The number of aliphatic carboxylic acids is 1. The first kappa shape index (κ1) is 38.3. The van der Waals surface area contributed by atoms with Gasteiger partial charge in [-0.05, 0) is 51.0 Å². The zero-order valence-corrected chi connectivity index (χ0v) is 27.1. The van der Waals surface area contributed by atoms with Crippen molar-refractivity contribution in [1.82, 2.24) is 21.0 Å². The highest BCUT2D eigenvalue weighted by Gasteiger charge is 2.31. The molecule has 15 heteroatoms. The number of benzene rings is 1. The monoisotopic (exact) mass is 660 g/mol. The standard InChI is InChI=1S/C32H44N4O11/c1-5-9-10-11-21(24(6-2)36(44)19-37)29(40)33-18-34-31(42)26-15-14-25(47-26)20-12-13-22(27(16-20)45-7-3)30(41)35-23(17-28(38)39)32(43)46-8-4/h12-16,19,21,23-24,44H,5-11,17-18H2,1-4H3,(H,33,40)(H,34,42)(H,35,41)(H,38,39)/t21-,23+,24-/m1/s1. The number of hydrogen-bond acceptors (Lipinski definition) is 10. The topological polar surface area (TPSA) is 214 Å². The lowest BCUT2D eigenvalue weighted by molar-refractivity contribution is -0.168. The molecule has 4 amide bonds. The van der Waals surface area contributed by atoms with Gasteiger partial charge in [0.25, 0.3) is 11.8 Å². The van der Waals surface area contributed by atoms with Gasteiger partial charge < -0.3 is 34.9 Å². The molecule has 2 aromatic rings. The third-order valence-electron chi connectivity index (χ3n) is 7.19. The number of ether oxygens (including phenoxy) is 2. The van der Waals surface area contributed by atoms with Crippen LogP contribution in [-0.4, -0.2) is 83.4 Å². The van der Waals surface area contributed by atoms with Crippen LogP contribution in [0.4, 0.5) is 0 Å². The number of carbonyl (C=O) groups excluding carboxylic acids is 5. The predicted octanol–water partition coefficient (Wildman–Crippen LogP) is 3.11.